The maximum absolute atomic E-state index is 13.1. The molecule has 1 saturated carbocycles. The second kappa shape index (κ2) is 6.88. The maximum atomic E-state index is 13.1. The fraction of sp³-hybridized carbons (Fsp3) is 0.571. The van der Waals surface area contributed by atoms with Crippen molar-refractivity contribution in [1.29, 1.82) is 0 Å². The first-order chi connectivity index (χ1) is 13.1. The summed E-state index contributed by atoms with van der Waals surface area (Å²) in [5.74, 6) is -2.30. The highest BCUT2D eigenvalue weighted by Gasteiger charge is 2.71. The molecule has 0 aromatic carbocycles. The SMILES string of the molecule is COC(=O)C1=CC[C@@]23CC[C@@H]([C@@](C)(C=C/C=C(\C)C(=O)O)OC2=O)[C@@]3(O)CC1. The number of cyclic esters (lactones) is 1. The molecule has 0 radical (unpaired) electrons. The molecule has 0 amide bonds. The monoisotopic (exact) mass is 390 g/mol. The van der Waals surface area contributed by atoms with Gasteiger partial charge in [-0.15, -0.1) is 0 Å². The lowest BCUT2D eigenvalue weighted by Crippen LogP contribution is -2.63. The summed E-state index contributed by atoms with van der Waals surface area (Å²) in [6.07, 6.45) is 8.25. The van der Waals surface area contributed by atoms with E-state index < -0.39 is 34.5 Å². The zero-order valence-corrected chi connectivity index (χ0v) is 16.4. The second-order valence-corrected chi connectivity index (χ2v) is 8.11. The molecular weight excluding hydrogens is 364 g/mol. The third kappa shape index (κ3) is 2.89. The van der Waals surface area contributed by atoms with Gasteiger partial charge in [0.1, 0.15) is 11.0 Å². The maximum Gasteiger partial charge on any atom is 0.333 e. The molecule has 1 aliphatic heterocycles. The normalized spacial score (nSPS) is 37.7. The van der Waals surface area contributed by atoms with E-state index >= 15 is 0 Å². The van der Waals surface area contributed by atoms with Gasteiger partial charge in [0.15, 0.2) is 0 Å². The number of esters is 2. The Balaban J connectivity index is 1.95. The van der Waals surface area contributed by atoms with Gasteiger partial charge < -0.3 is 19.7 Å². The van der Waals surface area contributed by atoms with Crippen LogP contribution in [0.25, 0.3) is 0 Å². The molecule has 7 nitrogen and oxygen atoms in total. The zero-order valence-electron chi connectivity index (χ0n) is 16.4. The van der Waals surface area contributed by atoms with Crippen molar-refractivity contribution in [3.8, 4) is 0 Å². The van der Waals surface area contributed by atoms with Crippen LogP contribution in [-0.2, 0) is 23.9 Å². The van der Waals surface area contributed by atoms with E-state index in [-0.39, 0.29) is 24.3 Å². The van der Waals surface area contributed by atoms with Gasteiger partial charge in [-0.05, 0) is 52.0 Å². The molecule has 152 valence electrons. The molecule has 0 aromatic rings. The van der Waals surface area contributed by atoms with Gasteiger partial charge >= 0.3 is 17.9 Å². The predicted octanol–water partition coefficient (Wildman–Crippen LogP) is 2.30. The highest BCUT2D eigenvalue weighted by Crippen LogP contribution is 2.63. The Kier molecular flexibility index (Phi) is 5.00. The number of carboxylic acids is 1. The van der Waals surface area contributed by atoms with Gasteiger partial charge in [0.25, 0.3) is 0 Å². The van der Waals surface area contributed by atoms with Crippen LogP contribution in [0.1, 0.15) is 46.0 Å². The first kappa shape index (κ1) is 20.3. The van der Waals surface area contributed by atoms with Gasteiger partial charge in [-0.25, -0.2) is 9.59 Å². The highest BCUT2D eigenvalue weighted by atomic mass is 16.6. The van der Waals surface area contributed by atoms with E-state index in [1.165, 1.54) is 20.1 Å². The predicted molar refractivity (Wildman–Crippen MR) is 99.1 cm³/mol. The molecule has 4 atom stereocenters. The van der Waals surface area contributed by atoms with E-state index in [0.717, 1.165) is 0 Å². The Hall–Kier alpha value is -2.41. The molecule has 0 unspecified atom stereocenters. The van der Waals surface area contributed by atoms with Crippen molar-refractivity contribution in [2.24, 2.45) is 11.3 Å². The summed E-state index contributed by atoms with van der Waals surface area (Å²) >= 11 is 0. The lowest BCUT2D eigenvalue weighted by molar-refractivity contribution is -0.224. The number of carboxylic acid groups (broad SMARTS) is 1. The number of aliphatic hydroxyl groups is 1. The fourth-order valence-electron chi connectivity index (χ4n) is 5.01. The summed E-state index contributed by atoms with van der Waals surface area (Å²) in [5, 5.41) is 20.7. The van der Waals surface area contributed by atoms with Crippen LogP contribution < -0.4 is 0 Å². The van der Waals surface area contributed by atoms with Crippen molar-refractivity contribution in [2.45, 2.75) is 57.2 Å². The van der Waals surface area contributed by atoms with E-state index in [9.17, 15) is 19.5 Å². The van der Waals surface area contributed by atoms with E-state index in [4.69, 9.17) is 14.6 Å². The molecule has 1 saturated heterocycles. The van der Waals surface area contributed by atoms with Gasteiger partial charge in [0.05, 0.1) is 12.7 Å². The Bertz CT molecular complexity index is 808. The van der Waals surface area contributed by atoms with E-state index in [1.807, 2.05) is 0 Å². The summed E-state index contributed by atoms with van der Waals surface area (Å²) in [6.45, 7) is 3.21. The quantitative estimate of drug-likeness (QED) is 0.430. The first-order valence-electron chi connectivity index (χ1n) is 9.42. The summed E-state index contributed by atoms with van der Waals surface area (Å²) in [5.41, 5.74) is -2.80. The van der Waals surface area contributed by atoms with Gasteiger partial charge in [0.2, 0.25) is 0 Å². The summed E-state index contributed by atoms with van der Waals surface area (Å²) in [4.78, 5) is 36.0. The minimum absolute atomic E-state index is 0.155. The Morgan fingerprint density at radius 3 is 2.71 bits per heavy atom. The van der Waals surface area contributed by atoms with Crippen molar-refractivity contribution in [2.75, 3.05) is 7.11 Å². The van der Waals surface area contributed by atoms with Crippen LogP contribution in [0.4, 0.5) is 0 Å². The number of carbonyl (C=O) groups excluding carboxylic acids is 2. The van der Waals surface area contributed by atoms with Crippen LogP contribution in [-0.4, -0.2) is 46.4 Å². The number of rotatable bonds is 4. The molecule has 0 spiro atoms. The average molecular weight is 390 g/mol. The van der Waals surface area contributed by atoms with Crippen molar-refractivity contribution in [3.63, 3.8) is 0 Å². The molecule has 2 N–H and O–H groups in total. The summed E-state index contributed by atoms with van der Waals surface area (Å²) in [6, 6.07) is 0. The highest BCUT2D eigenvalue weighted by molar-refractivity contribution is 5.89. The Morgan fingerprint density at radius 1 is 1.36 bits per heavy atom. The Morgan fingerprint density at radius 2 is 2.07 bits per heavy atom. The topological polar surface area (TPSA) is 110 Å². The average Bonchev–Trinajstić information content (AvgIpc) is 2.77. The Labute approximate surface area is 163 Å². The molecule has 28 heavy (non-hydrogen) atoms. The number of carbonyl (C=O) groups is 3. The minimum atomic E-state index is -1.31. The first-order valence-corrected chi connectivity index (χ1v) is 9.42. The molecular formula is C21H26O7. The number of hydrogen-bond acceptors (Lipinski definition) is 6. The molecule has 0 aromatic heterocycles. The fourth-order valence-corrected chi connectivity index (χ4v) is 5.01. The van der Waals surface area contributed by atoms with Crippen LogP contribution in [0.15, 0.2) is 35.5 Å². The summed E-state index contributed by atoms with van der Waals surface area (Å²) < 4.78 is 10.6. The van der Waals surface area contributed by atoms with Crippen LogP contribution in [0.5, 0.6) is 0 Å². The number of ether oxygens (including phenoxy) is 2. The van der Waals surface area contributed by atoms with Gasteiger partial charge in [-0.3, -0.25) is 4.79 Å². The van der Waals surface area contributed by atoms with Crippen molar-refractivity contribution in [3.05, 3.63) is 35.5 Å². The van der Waals surface area contributed by atoms with E-state index in [2.05, 4.69) is 0 Å². The van der Waals surface area contributed by atoms with Gasteiger partial charge in [-0.1, -0.05) is 18.2 Å². The largest absolute Gasteiger partial charge is 0.478 e. The number of hydrogen-bond donors (Lipinski definition) is 2. The smallest absolute Gasteiger partial charge is 0.333 e. The molecule has 7 heteroatoms. The third-order valence-corrected chi connectivity index (χ3v) is 6.69. The molecule has 1 heterocycles. The number of allylic oxidation sites excluding steroid dienone is 3. The van der Waals surface area contributed by atoms with Crippen LogP contribution in [0, 0.1) is 11.3 Å². The molecule has 2 fully saturated rings. The third-order valence-electron chi connectivity index (χ3n) is 6.69. The van der Waals surface area contributed by atoms with E-state index in [0.29, 0.717) is 24.8 Å². The van der Waals surface area contributed by atoms with Gasteiger partial charge in [-0.2, -0.15) is 0 Å². The van der Waals surface area contributed by atoms with Crippen LogP contribution >= 0.6 is 0 Å². The van der Waals surface area contributed by atoms with E-state index in [1.54, 1.807) is 25.2 Å². The van der Waals surface area contributed by atoms with Crippen molar-refractivity contribution >= 4 is 17.9 Å². The summed E-state index contributed by atoms with van der Waals surface area (Å²) in [7, 11) is 1.31. The molecule has 3 aliphatic rings. The lowest BCUT2D eigenvalue weighted by atomic mass is 9.62. The van der Waals surface area contributed by atoms with Crippen molar-refractivity contribution < 1.29 is 34.1 Å². The standard InChI is InChI=1S/C21H26O7/c1-13(16(22)23)5-4-9-19(2)15-8-11-20(18(25)28-19)10-6-14(17(24)27-3)7-12-21(15,20)26/h4-6,9,15,26H,7-8,10-12H2,1-3H3,(H,22,23)/b9-4?,13-5+/t15-,19+,20+,21-/m0/s1. The molecule has 2 bridgehead atoms. The lowest BCUT2D eigenvalue weighted by Gasteiger charge is -2.52. The number of methoxy groups -OCH3 is 1. The molecule has 3 rings (SSSR count). The van der Waals surface area contributed by atoms with Crippen LogP contribution in [0.3, 0.4) is 0 Å². The van der Waals surface area contributed by atoms with Gasteiger partial charge in [0, 0.05) is 17.1 Å². The van der Waals surface area contributed by atoms with Crippen LogP contribution in [0.2, 0.25) is 0 Å². The zero-order chi connectivity index (χ0) is 20.7. The minimum Gasteiger partial charge on any atom is -0.478 e. The van der Waals surface area contributed by atoms with Crippen molar-refractivity contribution in [1.82, 2.24) is 0 Å². The molecule has 2 aliphatic carbocycles. The second-order valence-electron chi connectivity index (χ2n) is 8.11. The number of aliphatic carboxylic acids is 1.